The van der Waals surface area contributed by atoms with E-state index in [1.807, 2.05) is 25.1 Å². The molecule has 0 unspecified atom stereocenters. The van der Waals surface area contributed by atoms with Crippen LogP contribution in [0.1, 0.15) is 31.2 Å². The van der Waals surface area contributed by atoms with E-state index in [0.29, 0.717) is 17.6 Å². The van der Waals surface area contributed by atoms with Gasteiger partial charge >= 0.3 is 0 Å². The second-order valence-electron chi connectivity index (χ2n) is 6.86. The fourth-order valence-electron chi connectivity index (χ4n) is 3.09. The Bertz CT molecular complexity index is 555. The number of nitrogens with one attached hydrogen (secondary N) is 2. The number of benzene rings is 1. The molecule has 0 atom stereocenters. The molecule has 0 radical (unpaired) electrons. The topological polar surface area (TPSA) is 44.4 Å². The fourth-order valence-corrected chi connectivity index (χ4v) is 3.26. The molecule has 0 aromatic heterocycles. The van der Waals surface area contributed by atoms with E-state index in [4.69, 9.17) is 11.6 Å². The molecule has 24 heavy (non-hydrogen) atoms. The zero-order valence-electron chi connectivity index (χ0n) is 14.2. The molecule has 1 heterocycles. The maximum atomic E-state index is 12.2. The van der Waals surface area contributed by atoms with E-state index in [2.05, 4.69) is 15.5 Å². The normalized spacial score (nSPS) is 18.9. The van der Waals surface area contributed by atoms with Gasteiger partial charge < -0.3 is 10.6 Å². The predicted octanol–water partition coefficient (Wildman–Crippen LogP) is 3.47. The molecule has 134 valence electrons. The van der Waals surface area contributed by atoms with Crippen LogP contribution in [0.3, 0.4) is 0 Å². The first-order chi connectivity index (χ1) is 11.1. The Morgan fingerprint density at radius 3 is 2.62 bits per heavy atom. The second-order valence-corrected chi connectivity index (χ2v) is 7.27. The Balaban J connectivity index is 0.00000208. The summed E-state index contributed by atoms with van der Waals surface area (Å²) in [6.45, 7) is 5.55. The molecule has 1 aromatic carbocycles. The average molecular weight is 372 g/mol. The molecule has 1 aliphatic heterocycles. The Labute approximate surface area is 155 Å². The molecular weight excluding hydrogens is 345 g/mol. The van der Waals surface area contributed by atoms with Gasteiger partial charge in [-0.25, -0.2) is 0 Å². The van der Waals surface area contributed by atoms with Crippen LogP contribution in [0.4, 0.5) is 5.69 Å². The van der Waals surface area contributed by atoms with Crippen molar-refractivity contribution in [2.24, 2.45) is 5.92 Å². The van der Waals surface area contributed by atoms with Crippen LogP contribution in [-0.2, 0) is 4.79 Å². The molecule has 1 amide bonds. The highest BCUT2D eigenvalue weighted by atomic mass is 35.5. The van der Waals surface area contributed by atoms with E-state index in [1.54, 1.807) is 0 Å². The van der Waals surface area contributed by atoms with Crippen molar-refractivity contribution < 1.29 is 4.79 Å². The van der Waals surface area contributed by atoms with Crippen molar-refractivity contribution in [2.45, 2.75) is 38.6 Å². The number of amides is 1. The lowest BCUT2D eigenvalue weighted by molar-refractivity contribution is -0.117. The summed E-state index contributed by atoms with van der Waals surface area (Å²) in [4.78, 5) is 14.5. The van der Waals surface area contributed by atoms with Crippen LogP contribution in [0.5, 0.6) is 0 Å². The third kappa shape index (κ3) is 5.62. The molecule has 2 fully saturated rings. The molecule has 3 rings (SSSR count). The molecular formula is C18H27Cl2N3O. The van der Waals surface area contributed by atoms with E-state index >= 15 is 0 Å². The van der Waals surface area contributed by atoms with Gasteiger partial charge in [0.1, 0.15) is 0 Å². The molecule has 1 saturated heterocycles. The predicted molar refractivity (Wildman–Crippen MR) is 102 cm³/mol. The van der Waals surface area contributed by atoms with E-state index in [0.717, 1.165) is 43.1 Å². The molecule has 1 aliphatic carbocycles. The highest BCUT2D eigenvalue weighted by molar-refractivity contribution is 6.31. The van der Waals surface area contributed by atoms with Crippen LogP contribution in [0, 0.1) is 12.8 Å². The van der Waals surface area contributed by atoms with Crippen LogP contribution in [0.15, 0.2) is 18.2 Å². The van der Waals surface area contributed by atoms with E-state index < -0.39 is 0 Å². The lowest BCUT2D eigenvalue weighted by atomic mass is 10.0. The second kappa shape index (κ2) is 9.04. The minimum Gasteiger partial charge on any atom is -0.325 e. The van der Waals surface area contributed by atoms with Gasteiger partial charge in [0.25, 0.3) is 0 Å². The minimum absolute atomic E-state index is 0. The number of carbonyl (C=O) groups excluding carboxylic acids is 1. The van der Waals surface area contributed by atoms with E-state index in [-0.39, 0.29) is 18.3 Å². The van der Waals surface area contributed by atoms with Gasteiger partial charge in [-0.1, -0.05) is 17.7 Å². The van der Waals surface area contributed by atoms with Crippen LogP contribution in [-0.4, -0.2) is 43.0 Å². The standard InChI is InChI=1S/C18H26ClN3O.ClH/c1-13-16(19)3-2-4-17(13)21-18(23)12-22-9-7-15(8-10-22)20-11-14-5-6-14;/h2-4,14-15,20H,5-12H2,1H3,(H,21,23);1H. The summed E-state index contributed by atoms with van der Waals surface area (Å²) in [5, 5.41) is 7.33. The lowest BCUT2D eigenvalue weighted by Crippen LogP contribution is -2.45. The number of halogens is 2. The Morgan fingerprint density at radius 2 is 1.96 bits per heavy atom. The van der Waals surface area contributed by atoms with Crippen molar-refractivity contribution in [1.82, 2.24) is 10.2 Å². The van der Waals surface area contributed by atoms with Gasteiger partial charge in [0.2, 0.25) is 5.91 Å². The quantitative estimate of drug-likeness (QED) is 0.804. The largest absolute Gasteiger partial charge is 0.325 e. The molecule has 1 saturated carbocycles. The summed E-state index contributed by atoms with van der Waals surface area (Å²) in [6.07, 6.45) is 5.07. The number of carbonyl (C=O) groups is 1. The van der Waals surface area contributed by atoms with Gasteiger partial charge in [-0.05, 0) is 62.8 Å². The van der Waals surface area contributed by atoms with Crippen LogP contribution >= 0.6 is 24.0 Å². The summed E-state index contributed by atoms with van der Waals surface area (Å²) >= 11 is 6.09. The maximum Gasteiger partial charge on any atom is 0.238 e. The van der Waals surface area contributed by atoms with Gasteiger partial charge in [-0.15, -0.1) is 12.4 Å². The Hall–Kier alpha value is -0.810. The molecule has 1 aromatic rings. The summed E-state index contributed by atoms with van der Waals surface area (Å²) < 4.78 is 0. The molecule has 2 N–H and O–H groups in total. The van der Waals surface area contributed by atoms with Crippen LogP contribution in [0.2, 0.25) is 5.02 Å². The fraction of sp³-hybridized carbons (Fsp3) is 0.611. The van der Waals surface area contributed by atoms with Gasteiger partial charge in [0, 0.05) is 29.8 Å². The number of anilines is 1. The summed E-state index contributed by atoms with van der Waals surface area (Å²) in [5.41, 5.74) is 1.73. The van der Waals surface area contributed by atoms with E-state index in [1.165, 1.54) is 19.4 Å². The number of piperidine rings is 1. The van der Waals surface area contributed by atoms with Gasteiger partial charge in [0.15, 0.2) is 0 Å². The third-order valence-corrected chi connectivity index (χ3v) is 5.30. The van der Waals surface area contributed by atoms with Gasteiger partial charge in [0.05, 0.1) is 6.54 Å². The highest BCUT2D eigenvalue weighted by Crippen LogP contribution is 2.28. The average Bonchev–Trinajstić information content (AvgIpc) is 3.35. The van der Waals surface area contributed by atoms with Gasteiger partial charge in [-0.3, -0.25) is 9.69 Å². The minimum atomic E-state index is 0. The summed E-state index contributed by atoms with van der Waals surface area (Å²) in [5.74, 6) is 0.972. The zero-order valence-corrected chi connectivity index (χ0v) is 15.8. The maximum absolute atomic E-state index is 12.2. The van der Waals surface area contributed by atoms with E-state index in [9.17, 15) is 4.79 Å². The molecule has 0 spiro atoms. The van der Waals surface area contributed by atoms with Gasteiger partial charge in [-0.2, -0.15) is 0 Å². The van der Waals surface area contributed by atoms with Crippen molar-refractivity contribution in [1.29, 1.82) is 0 Å². The molecule has 2 aliphatic rings. The monoisotopic (exact) mass is 371 g/mol. The van der Waals surface area contributed by atoms with Crippen LogP contribution < -0.4 is 10.6 Å². The van der Waals surface area contributed by atoms with Crippen molar-refractivity contribution in [2.75, 3.05) is 31.5 Å². The highest BCUT2D eigenvalue weighted by Gasteiger charge is 2.25. The van der Waals surface area contributed by atoms with Crippen molar-refractivity contribution in [3.63, 3.8) is 0 Å². The number of hydrogen-bond donors (Lipinski definition) is 2. The summed E-state index contributed by atoms with van der Waals surface area (Å²) in [7, 11) is 0. The Kier molecular flexibility index (Phi) is 7.35. The van der Waals surface area contributed by atoms with Crippen LogP contribution in [0.25, 0.3) is 0 Å². The first-order valence-corrected chi connectivity index (χ1v) is 9.00. The third-order valence-electron chi connectivity index (χ3n) is 4.89. The lowest BCUT2D eigenvalue weighted by Gasteiger charge is -2.32. The smallest absolute Gasteiger partial charge is 0.238 e. The molecule has 0 bridgehead atoms. The van der Waals surface area contributed by atoms with Crippen molar-refractivity contribution in [3.05, 3.63) is 28.8 Å². The summed E-state index contributed by atoms with van der Waals surface area (Å²) in [6, 6.07) is 6.23. The number of rotatable bonds is 6. The first-order valence-electron chi connectivity index (χ1n) is 8.62. The SMILES string of the molecule is Cc1c(Cl)cccc1NC(=O)CN1CCC(NCC2CC2)CC1.Cl. The molecule has 6 heteroatoms. The molecule has 4 nitrogen and oxygen atoms in total. The van der Waals surface area contributed by atoms with Crippen molar-refractivity contribution >= 4 is 35.6 Å². The Morgan fingerprint density at radius 1 is 1.25 bits per heavy atom. The zero-order chi connectivity index (χ0) is 16.2. The number of nitrogens with zero attached hydrogens (tertiary/aromatic N) is 1. The number of likely N-dealkylation sites (tertiary alicyclic amines) is 1. The first kappa shape index (κ1) is 19.5. The number of hydrogen-bond acceptors (Lipinski definition) is 3. The van der Waals surface area contributed by atoms with Crippen molar-refractivity contribution in [3.8, 4) is 0 Å².